The van der Waals surface area contributed by atoms with Gasteiger partial charge in [0.25, 0.3) is 0 Å². The van der Waals surface area contributed by atoms with Crippen LogP contribution in [-0.2, 0) is 18.9 Å². The van der Waals surface area contributed by atoms with Crippen molar-refractivity contribution in [2.75, 3.05) is 6.61 Å². The Hall–Kier alpha value is -4.01. The van der Waals surface area contributed by atoms with Gasteiger partial charge >= 0.3 is 17.9 Å². The fourth-order valence-electron chi connectivity index (χ4n) is 3.66. The first-order valence-electron chi connectivity index (χ1n) is 11.0. The van der Waals surface area contributed by atoms with Gasteiger partial charge in [-0.25, -0.2) is 14.4 Å². The molecule has 0 amide bonds. The van der Waals surface area contributed by atoms with Crippen molar-refractivity contribution in [1.82, 2.24) is 0 Å². The van der Waals surface area contributed by atoms with Gasteiger partial charge in [-0.2, -0.15) is 0 Å². The first kappa shape index (κ1) is 24.1. The van der Waals surface area contributed by atoms with Crippen LogP contribution < -0.4 is 0 Å². The van der Waals surface area contributed by atoms with Crippen LogP contribution in [-0.4, -0.2) is 53.7 Å². The molecule has 1 heterocycles. The number of hydrogen-bond donors (Lipinski definition) is 1. The van der Waals surface area contributed by atoms with Crippen LogP contribution in [0.4, 0.5) is 0 Å². The SMILES string of the molecule is C[C@@]1(O)C(OC(=O)c2ccccc2)[C@@H](COC(=O)c2ccccc2)O[C@H]1OC(=O)c1ccccc1. The van der Waals surface area contributed by atoms with Gasteiger partial charge in [0.2, 0.25) is 6.29 Å². The van der Waals surface area contributed by atoms with Crippen molar-refractivity contribution in [3.8, 4) is 0 Å². The maximum Gasteiger partial charge on any atom is 0.340 e. The molecule has 1 saturated heterocycles. The highest BCUT2D eigenvalue weighted by Crippen LogP contribution is 2.35. The van der Waals surface area contributed by atoms with Gasteiger partial charge in [0.15, 0.2) is 11.7 Å². The second-order valence-corrected chi connectivity index (χ2v) is 8.16. The van der Waals surface area contributed by atoms with Gasteiger partial charge < -0.3 is 24.1 Å². The highest BCUT2D eigenvalue weighted by Gasteiger charge is 2.57. The predicted octanol–water partition coefficient (Wildman–Crippen LogP) is 3.40. The zero-order valence-corrected chi connectivity index (χ0v) is 18.9. The summed E-state index contributed by atoms with van der Waals surface area (Å²) in [5.74, 6) is -2.06. The van der Waals surface area contributed by atoms with Crippen LogP contribution in [0.2, 0.25) is 0 Å². The van der Waals surface area contributed by atoms with E-state index in [-0.39, 0.29) is 17.7 Å². The summed E-state index contributed by atoms with van der Waals surface area (Å²) in [5.41, 5.74) is -1.10. The van der Waals surface area contributed by atoms with Gasteiger partial charge in [-0.15, -0.1) is 0 Å². The maximum atomic E-state index is 12.7. The quantitative estimate of drug-likeness (QED) is 0.408. The van der Waals surface area contributed by atoms with E-state index in [2.05, 4.69) is 0 Å². The fraction of sp³-hybridized carbons (Fsp3) is 0.222. The van der Waals surface area contributed by atoms with E-state index in [1.807, 2.05) is 0 Å². The molecule has 0 spiro atoms. The Kier molecular flexibility index (Phi) is 7.24. The van der Waals surface area contributed by atoms with Crippen molar-refractivity contribution < 1.29 is 38.4 Å². The van der Waals surface area contributed by atoms with E-state index >= 15 is 0 Å². The van der Waals surface area contributed by atoms with E-state index in [1.165, 1.54) is 6.92 Å². The molecular weight excluding hydrogens is 452 g/mol. The van der Waals surface area contributed by atoms with Crippen LogP contribution in [0.3, 0.4) is 0 Å². The molecule has 0 bridgehead atoms. The monoisotopic (exact) mass is 476 g/mol. The van der Waals surface area contributed by atoms with Gasteiger partial charge in [-0.1, -0.05) is 54.6 Å². The molecule has 4 atom stereocenters. The minimum absolute atomic E-state index is 0.253. The van der Waals surface area contributed by atoms with Crippen molar-refractivity contribution in [1.29, 1.82) is 0 Å². The van der Waals surface area contributed by atoms with Gasteiger partial charge in [-0.05, 0) is 43.3 Å². The highest BCUT2D eigenvalue weighted by molar-refractivity contribution is 5.90. The topological polar surface area (TPSA) is 108 Å². The summed E-state index contributed by atoms with van der Waals surface area (Å²) in [5, 5.41) is 11.2. The first-order chi connectivity index (χ1) is 16.9. The van der Waals surface area contributed by atoms with E-state index in [0.29, 0.717) is 5.56 Å². The highest BCUT2D eigenvalue weighted by atomic mass is 16.7. The van der Waals surface area contributed by atoms with Crippen LogP contribution in [0.25, 0.3) is 0 Å². The van der Waals surface area contributed by atoms with Crippen LogP contribution in [0.15, 0.2) is 91.0 Å². The minimum Gasteiger partial charge on any atom is -0.459 e. The minimum atomic E-state index is -1.93. The second kappa shape index (κ2) is 10.5. The van der Waals surface area contributed by atoms with Gasteiger partial charge in [0, 0.05) is 0 Å². The standard InChI is InChI=1S/C27H24O8/c1-27(31)22(34-24(29)19-13-7-3-8-14-19)21(17-32-23(28)18-11-5-2-6-12-18)33-26(27)35-25(30)20-15-9-4-10-16-20/h2-16,21-22,26,31H,17H2,1H3/t21-,22?,26+,27-/m1/s1. The molecular formula is C27H24O8. The van der Waals surface area contributed by atoms with Crippen molar-refractivity contribution in [3.63, 3.8) is 0 Å². The Morgan fingerprint density at radius 3 is 1.66 bits per heavy atom. The Morgan fingerprint density at radius 1 is 0.743 bits per heavy atom. The molecule has 1 aliphatic rings. The van der Waals surface area contributed by atoms with Crippen LogP contribution >= 0.6 is 0 Å². The third-order valence-electron chi connectivity index (χ3n) is 5.54. The summed E-state index contributed by atoms with van der Waals surface area (Å²) in [6.45, 7) is 0.980. The molecule has 1 aliphatic heterocycles. The van der Waals surface area contributed by atoms with E-state index in [0.717, 1.165) is 0 Å². The van der Waals surface area contributed by atoms with Gasteiger partial charge in [0.05, 0.1) is 16.7 Å². The van der Waals surface area contributed by atoms with Crippen molar-refractivity contribution >= 4 is 17.9 Å². The summed E-state index contributed by atoms with van der Waals surface area (Å²) in [4.78, 5) is 37.8. The molecule has 35 heavy (non-hydrogen) atoms. The summed E-state index contributed by atoms with van der Waals surface area (Å²) < 4.78 is 22.1. The van der Waals surface area contributed by atoms with Crippen molar-refractivity contribution in [2.24, 2.45) is 0 Å². The maximum absolute atomic E-state index is 12.7. The molecule has 3 aromatic rings. The largest absolute Gasteiger partial charge is 0.459 e. The lowest BCUT2D eigenvalue weighted by atomic mass is 9.97. The lowest BCUT2D eigenvalue weighted by Gasteiger charge is -2.29. The van der Waals surface area contributed by atoms with E-state index in [4.69, 9.17) is 18.9 Å². The average molecular weight is 476 g/mol. The zero-order chi connectivity index (χ0) is 24.8. The number of esters is 3. The molecule has 1 N–H and O–H groups in total. The van der Waals surface area contributed by atoms with E-state index in [1.54, 1.807) is 91.0 Å². The summed E-state index contributed by atoms with van der Waals surface area (Å²) >= 11 is 0. The van der Waals surface area contributed by atoms with Crippen molar-refractivity contribution in [3.05, 3.63) is 108 Å². The molecule has 0 saturated carbocycles. The predicted molar refractivity (Wildman–Crippen MR) is 124 cm³/mol. The van der Waals surface area contributed by atoms with Gasteiger partial charge in [0.1, 0.15) is 12.7 Å². The fourth-order valence-corrected chi connectivity index (χ4v) is 3.66. The molecule has 4 rings (SSSR count). The van der Waals surface area contributed by atoms with E-state index in [9.17, 15) is 19.5 Å². The van der Waals surface area contributed by atoms with Crippen LogP contribution in [0, 0.1) is 0 Å². The summed E-state index contributed by atoms with van der Waals surface area (Å²) in [6, 6.07) is 24.7. The number of ether oxygens (including phenoxy) is 4. The molecule has 0 aliphatic carbocycles. The molecule has 0 aromatic heterocycles. The third kappa shape index (κ3) is 5.56. The molecule has 0 radical (unpaired) electrons. The Morgan fingerprint density at radius 2 is 1.17 bits per heavy atom. The molecule has 3 aromatic carbocycles. The molecule has 1 fully saturated rings. The lowest BCUT2D eigenvalue weighted by Crippen LogP contribution is -2.49. The van der Waals surface area contributed by atoms with Crippen molar-refractivity contribution in [2.45, 2.75) is 31.0 Å². The lowest BCUT2D eigenvalue weighted by molar-refractivity contribution is -0.173. The molecule has 1 unspecified atom stereocenters. The smallest absolute Gasteiger partial charge is 0.340 e. The number of aliphatic hydroxyl groups is 1. The zero-order valence-electron chi connectivity index (χ0n) is 18.9. The Labute approximate surface area is 202 Å². The number of carbonyl (C=O) groups is 3. The van der Waals surface area contributed by atoms with E-state index < -0.39 is 42.0 Å². The number of benzene rings is 3. The molecule has 8 heteroatoms. The average Bonchev–Trinajstić information content (AvgIpc) is 3.12. The van der Waals surface area contributed by atoms with Crippen LogP contribution in [0.1, 0.15) is 38.0 Å². The second-order valence-electron chi connectivity index (χ2n) is 8.16. The Balaban J connectivity index is 1.53. The number of hydrogen-bond acceptors (Lipinski definition) is 8. The molecule has 8 nitrogen and oxygen atoms in total. The number of rotatable bonds is 7. The van der Waals surface area contributed by atoms with Gasteiger partial charge in [-0.3, -0.25) is 0 Å². The summed E-state index contributed by atoms with van der Waals surface area (Å²) in [6.07, 6.45) is -3.88. The first-order valence-corrected chi connectivity index (χ1v) is 11.0. The molecule has 180 valence electrons. The normalized spacial score (nSPS) is 23.3. The summed E-state index contributed by atoms with van der Waals surface area (Å²) in [7, 11) is 0. The third-order valence-corrected chi connectivity index (χ3v) is 5.54. The Bertz CT molecular complexity index is 1160. The number of carbonyl (C=O) groups excluding carboxylic acids is 3. The van der Waals surface area contributed by atoms with Crippen LogP contribution in [0.5, 0.6) is 0 Å².